The zero-order valence-corrected chi connectivity index (χ0v) is 14.4. The van der Waals surface area contributed by atoms with Crippen LogP contribution in [0.25, 0.3) is 0 Å². The summed E-state index contributed by atoms with van der Waals surface area (Å²) in [5, 5.41) is 11.4. The molecule has 0 spiro atoms. The van der Waals surface area contributed by atoms with Gasteiger partial charge in [-0.2, -0.15) is 13.2 Å². The average Bonchev–Trinajstić information content (AvgIpc) is 3.21. The maximum Gasteiger partial charge on any atom is 0.394 e. The van der Waals surface area contributed by atoms with Gasteiger partial charge in [0, 0.05) is 18.7 Å². The number of benzene rings is 1. The summed E-state index contributed by atoms with van der Waals surface area (Å²) in [5.74, 6) is -6.52. The van der Waals surface area contributed by atoms with Crippen molar-refractivity contribution in [2.45, 2.75) is 12.7 Å². The van der Waals surface area contributed by atoms with Gasteiger partial charge in [-0.1, -0.05) is 12.1 Å². The third kappa shape index (κ3) is 3.78. The lowest BCUT2D eigenvalue weighted by Crippen LogP contribution is -2.34. The Labute approximate surface area is 156 Å². The van der Waals surface area contributed by atoms with Gasteiger partial charge in [0.15, 0.2) is 0 Å². The number of carbonyl (C=O) groups is 4. The van der Waals surface area contributed by atoms with Gasteiger partial charge in [0.1, 0.15) is 0 Å². The average molecular weight is 399 g/mol. The summed E-state index contributed by atoms with van der Waals surface area (Å²) < 4.78 is 39.2. The Balaban J connectivity index is 1.70. The fourth-order valence-corrected chi connectivity index (χ4v) is 3.28. The lowest BCUT2D eigenvalue weighted by atomic mass is 9.96. The van der Waals surface area contributed by atoms with Crippen LogP contribution in [0.1, 0.15) is 15.9 Å². The lowest BCUT2D eigenvalue weighted by molar-refractivity contribution is -0.187. The molecule has 2 aliphatic heterocycles. The van der Waals surface area contributed by atoms with Gasteiger partial charge < -0.3 is 15.3 Å². The highest BCUT2D eigenvalue weighted by Gasteiger charge is 2.53. The van der Waals surface area contributed by atoms with Crippen LogP contribution in [-0.4, -0.2) is 64.5 Å². The van der Waals surface area contributed by atoms with E-state index in [4.69, 9.17) is 5.11 Å². The Bertz CT molecular complexity index is 808. The number of carboxylic acids is 1. The molecule has 0 radical (unpaired) electrons. The van der Waals surface area contributed by atoms with E-state index < -0.39 is 49.0 Å². The summed E-state index contributed by atoms with van der Waals surface area (Å²) in [6, 6.07) is 5.18. The van der Waals surface area contributed by atoms with E-state index in [1.54, 1.807) is 0 Å². The molecule has 2 aliphatic rings. The molecular weight excluding hydrogens is 383 g/mol. The van der Waals surface area contributed by atoms with Crippen LogP contribution in [0.5, 0.6) is 0 Å². The summed E-state index contributed by atoms with van der Waals surface area (Å²) in [6.07, 6.45) is -4.72. The first kappa shape index (κ1) is 19.6. The minimum absolute atomic E-state index is 0.0000868. The third-order valence-corrected chi connectivity index (χ3v) is 4.82. The number of alkyl halides is 3. The fraction of sp³-hybridized carbons (Fsp3) is 0.412. The number of imide groups is 1. The highest BCUT2D eigenvalue weighted by Crippen LogP contribution is 2.38. The Morgan fingerprint density at radius 1 is 1.14 bits per heavy atom. The molecule has 0 saturated carbocycles. The molecule has 0 bridgehead atoms. The van der Waals surface area contributed by atoms with Gasteiger partial charge in [0.05, 0.1) is 24.9 Å². The summed E-state index contributed by atoms with van der Waals surface area (Å²) in [5.41, 5.74) is 0.646. The van der Waals surface area contributed by atoms with Crippen LogP contribution in [0.3, 0.4) is 0 Å². The van der Waals surface area contributed by atoms with E-state index >= 15 is 0 Å². The second-order valence-corrected chi connectivity index (χ2v) is 6.64. The van der Waals surface area contributed by atoms with Crippen molar-refractivity contribution in [1.82, 2.24) is 15.1 Å². The van der Waals surface area contributed by atoms with E-state index in [9.17, 15) is 32.3 Å². The maximum absolute atomic E-state index is 13.1. The number of rotatable bonds is 4. The number of halogens is 3. The molecule has 11 heteroatoms. The van der Waals surface area contributed by atoms with Crippen LogP contribution >= 0.6 is 0 Å². The van der Waals surface area contributed by atoms with E-state index in [1.165, 1.54) is 24.3 Å². The highest BCUT2D eigenvalue weighted by atomic mass is 19.4. The van der Waals surface area contributed by atoms with Gasteiger partial charge in [-0.15, -0.1) is 0 Å². The highest BCUT2D eigenvalue weighted by molar-refractivity contribution is 6.01. The number of hydrogen-bond donors (Lipinski definition) is 2. The van der Waals surface area contributed by atoms with Crippen molar-refractivity contribution in [2.75, 3.05) is 19.6 Å². The smallest absolute Gasteiger partial charge is 0.394 e. The van der Waals surface area contributed by atoms with E-state index in [0.29, 0.717) is 5.56 Å². The molecule has 0 aromatic heterocycles. The van der Waals surface area contributed by atoms with Gasteiger partial charge in [0.25, 0.3) is 5.91 Å². The first-order valence-electron chi connectivity index (χ1n) is 8.34. The molecule has 2 atom stereocenters. The molecule has 4 amide bonds. The van der Waals surface area contributed by atoms with E-state index in [2.05, 4.69) is 5.32 Å². The summed E-state index contributed by atoms with van der Waals surface area (Å²) in [6.45, 7) is -1.33. The molecule has 2 heterocycles. The molecule has 2 saturated heterocycles. The quantitative estimate of drug-likeness (QED) is 0.737. The van der Waals surface area contributed by atoms with Crippen molar-refractivity contribution in [3.05, 3.63) is 35.4 Å². The van der Waals surface area contributed by atoms with E-state index in [0.717, 1.165) is 9.80 Å². The minimum Gasteiger partial charge on any atom is -0.481 e. The van der Waals surface area contributed by atoms with Crippen molar-refractivity contribution in [3.8, 4) is 0 Å². The Morgan fingerprint density at radius 2 is 1.79 bits per heavy atom. The van der Waals surface area contributed by atoms with Crippen molar-refractivity contribution in [3.63, 3.8) is 0 Å². The first-order valence-corrected chi connectivity index (χ1v) is 8.34. The molecule has 2 N–H and O–H groups in total. The standard InChI is InChI=1S/C17H16F3N3O5/c18-17(19,20)12-8-22(7-11(12)15(26)27)14(25)10-3-1-9(2-4-10)6-23-13(24)5-21-16(23)28/h1-4,11-12H,5-8H2,(H,21,28)(H,26,27)/t11-,12-/m1/s1. The number of carbonyl (C=O) groups excluding carboxylic acids is 3. The number of carboxylic acid groups (broad SMARTS) is 1. The van der Waals surface area contributed by atoms with E-state index in [-0.39, 0.29) is 24.6 Å². The van der Waals surface area contributed by atoms with Crippen LogP contribution in [0.4, 0.5) is 18.0 Å². The van der Waals surface area contributed by atoms with Gasteiger partial charge >= 0.3 is 18.2 Å². The van der Waals surface area contributed by atoms with Crippen molar-refractivity contribution < 1.29 is 37.5 Å². The van der Waals surface area contributed by atoms with Gasteiger partial charge in [-0.05, 0) is 17.7 Å². The van der Waals surface area contributed by atoms with Crippen LogP contribution in [0, 0.1) is 11.8 Å². The number of aliphatic carboxylic acids is 1. The molecule has 1 aromatic carbocycles. The number of likely N-dealkylation sites (tertiary alicyclic amines) is 1. The van der Waals surface area contributed by atoms with E-state index in [1.807, 2.05) is 0 Å². The molecule has 8 nitrogen and oxygen atoms in total. The Hall–Kier alpha value is -3.11. The topological polar surface area (TPSA) is 107 Å². The molecule has 3 rings (SSSR count). The second-order valence-electron chi connectivity index (χ2n) is 6.64. The van der Waals surface area contributed by atoms with Crippen molar-refractivity contribution >= 4 is 23.8 Å². The molecule has 0 aliphatic carbocycles. The molecule has 1 aromatic rings. The maximum atomic E-state index is 13.1. The molecule has 28 heavy (non-hydrogen) atoms. The number of hydrogen-bond acceptors (Lipinski definition) is 4. The fourth-order valence-electron chi connectivity index (χ4n) is 3.28. The van der Waals surface area contributed by atoms with Gasteiger partial charge in [0.2, 0.25) is 5.91 Å². The zero-order valence-electron chi connectivity index (χ0n) is 14.4. The van der Waals surface area contributed by atoms with Gasteiger partial charge in [-0.25, -0.2) is 4.79 Å². The van der Waals surface area contributed by atoms with Crippen LogP contribution in [0.2, 0.25) is 0 Å². The number of nitrogens with zero attached hydrogens (tertiary/aromatic N) is 2. The van der Waals surface area contributed by atoms with Crippen LogP contribution < -0.4 is 5.32 Å². The Kier molecular flexibility index (Phi) is 5.01. The monoisotopic (exact) mass is 399 g/mol. The second kappa shape index (κ2) is 7.13. The number of nitrogens with one attached hydrogen (secondary N) is 1. The predicted octanol–water partition coefficient (Wildman–Crippen LogP) is 1.07. The minimum atomic E-state index is -4.72. The summed E-state index contributed by atoms with van der Waals surface area (Å²) >= 11 is 0. The number of amides is 4. The lowest BCUT2D eigenvalue weighted by Gasteiger charge is -2.18. The van der Waals surface area contributed by atoms with Gasteiger partial charge in [-0.3, -0.25) is 19.3 Å². The third-order valence-electron chi connectivity index (χ3n) is 4.82. The Morgan fingerprint density at radius 3 is 2.25 bits per heavy atom. The largest absolute Gasteiger partial charge is 0.481 e. The van der Waals surface area contributed by atoms with Crippen molar-refractivity contribution in [2.24, 2.45) is 11.8 Å². The summed E-state index contributed by atoms with van der Waals surface area (Å²) in [4.78, 5) is 48.6. The molecular formula is C17H16F3N3O5. The van der Waals surface area contributed by atoms with Crippen LogP contribution in [0.15, 0.2) is 24.3 Å². The normalized spacial score (nSPS) is 22.5. The van der Waals surface area contributed by atoms with Crippen LogP contribution in [-0.2, 0) is 16.1 Å². The summed E-state index contributed by atoms with van der Waals surface area (Å²) in [7, 11) is 0. The SMILES string of the molecule is O=C(O)[C@@H]1CN(C(=O)c2ccc(CN3C(=O)CNC3=O)cc2)C[C@H]1C(F)(F)F. The number of urea groups is 1. The van der Waals surface area contributed by atoms with Crippen molar-refractivity contribution in [1.29, 1.82) is 0 Å². The zero-order chi connectivity index (χ0) is 20.6. The molecule has 2 fully saturated rings. The predicted molar refractivity (Wildman–Crippen MR) is 87.0 cm³/mol. The molecule has 150 valence electrons. The first-order chi connectivity index (χ1) is 13.1. The molecule has 0 unspecified atom stereocenters.